The Bertz CT molecular complexity index is 571. The molecule has 0 saturated heterocycles. The molecule has 0 aliphatic heterocycles. The summed E-state index contributed by atoms with van der Waals surface area (Å²) in [5, 5.41) is 1.22. The first-order valence-electron chi connectivity index (χ1n) is 5.96. The van der Waals surface area contributed by atoms with Gasteiger partial charge >= 0.3 is 0 Å². The standard InChI is InChI=1S/C14H18N2O/c1-14(2)12(13(14)15)11-6-8-4-5-9(17-3)7-10(8)16-11/h4-7,12-13,16H,15H2,1-3H3/t12-,13-/m0/s1. The van der Waals surface area contributed by atoms with E-state index in [-0.39, 0.29) is 11.5 Å². The highest BCUT2D eigenvalue weighted by Gasteiger charge is 2.56. The fourth-order valence-electron chi connectivity index (χ4n) is 2.69. The van der Waals surface area contributed by atoms with Crippen LogP contribution < -0.4 is 10.5 Å². The van der Waals surface area contributed by atoms with Gasteiger partial charge in [0.05, 0.1) is 7.11 Å². The second-order valence-electron chi connectivity index (χ2n) is 5.50. The highest BCUT2D eigenvalue weighted by Crippen LogP contribution is 2.57. The summed E-state index contributed by atoms with van der Waals surface area (Å²) in [6.07, 6.45) is 0. The van der Waals surface area contributed by atoms with Crippen LogP contribution in [0.25, 0.3) is 10.9 Å². The van der Waals surface area contributed by atoms with E-state index in [0.29, 0.717) is 5.92 Å². The average molecular weight is 230 g/mol. The number of H-pyrrole nitrogens is 1. The van der Waals surface area contributed by atoms with Gasteiger partial charge in [-0.1, -0.05) is 13.8 Å². The zero-order valence-electron chi connectivity index (χ0n) is 10.4. The molecular weight excluding hydrogens is 212 g/mol. The van der Waals surface area contributed by atoms with E-state index in [0.717, 1.165) is 11.3 Å². The van der Waals surface area contributed by atoms with Gasteiger partial charge in [0, 0.05) is 29.2 Å². The van der Waals surface area contributed by atoms with Gasteiger partial charge in [-0.05, 0) is 29.0 Å². The summed E-state index contributed by atoms with van der Waals surface area (Å²) in [6.45, 7) is 4.43. The van der Waals surface area contributed by atoms with E-state index < -0.39 is 0 Å². The molecule has 1 fully saturated rings. The molecule has 0 bridgehead atoms. The van der Waals surface area contributed by atoms with Gasteiger partial charge in [-0.15, -0.1) is 0 Å². The van der Waals surface area contributed by atoms with E-state index in [2.05, 4.69) is 31.0 Å². The average Bonchev–Trinajstić information content (AvgIpc) is 2.65. The monoisotopic (exact) mass is 230 g/mol. The van der Waals surface area contributed by atoms with Crippen LogP contribution in [-0.4, -0.2) is 18.1 Å². The number of hydrogen-bond donors (Lipinski definition) is 2. The van der Waals surface area contributed by atoms with Gasteiger partial charge in [0.1, 0.15) is 5.75 Å². The zero-order chi connectivity index (χ0) is 12.2. The van der Waals surface area contributed by atoms with Crippen LogP contribution in [-0.2, 0) is 0 Å². The van der Waals surface area contributed by atoms with Crippen molar-refractivity contribution in [3.8, 4) is 5.75 Å². The van der Waals surface area contributed by atoms with E-state index >= 15 is 0 Å². The highest BCUT2D eigenvalue weighted by molar-refractivity contribution is 5.82. The first kappa shape index (κ1) is 10.7. The summed E-state index contributed by atoms with van der Waals surface area (Å²) in [7, 11) is 1.69. The molecule has 1 heterocycles. The van der Waals surface area contributed by atoms with Crippen LogP contribution in [0, 0.1) is 5.41 Å². The van der Waals surface area contributed by atoms with Crippen molar-refractivity contribution in [1.82, 2.24) is 4.98 Å². The summed E-state index contributed by atoms with van der Waals surface area (Å²) >= 11 is 0. The summed E-state index contributed by atoms with van der Waals surface area (Å²) in [4.78, 5) is 3.46. The molecule has 3 rings (SSSR count). The highest BCUT2D eigenvalue weighted by atomic mass is 16.5. The third-order valence-electron chi connectivity index (χ3n) is 4.10. The fraction of sp³-hybridized carbons (Fsp3) is 0.429. The lowest BCUT2D eigenvalue weighted by atomic mass is 10.1. The van der Waals surface area contributed by atoms with E-state index in [1.165, 1.54) is 11.1 Å². The van der Waals surface area contributed by atoms with Crippen molar-refractivity contribution < 1.29 is 4.74 Å². The number of hydrogen-bond acceptors (Lipinski definition) is 2. The zero-order valence-corrected chi connectivity index (χ0v) is 10.4. The smallest absolute Gasteiger partial charge is 0.120 e. The number of rotatable bonds is 2. The predicted molar refractivity (Wildman–Crippen MR) is 69.3 cm³/mol. The van der Waals surface area contributed by atoms with Crippen LogP contribution >= 0.6 is 0 Å². The Morgan fingerprint density at radius 2 is 2.00 bits per heavy atom. The summed E-state index contributed by atoms with van der Waals surface area (Å²) in [5.41, 5.74) is 8.68. The number of nitrogens with one attached hydrogen (secondary N) is 1. The molecule has 3 nitrogen and oxygen atoms in total. The molecule has 0 radical (unpaired) electrons. The molecule has 17 heavy (non-hydrogen) atoms. The minimum atomic E-state index is 0.213. The number of ether oxygens (including phenoxy) is 1. The molecule has 0 unspecified atom stereocenters. The lowest BCUT2D eigenvalue weighted by Crippen LogP contribution is -2.06. The Morgan fingerprint density at radius 3 is 2.59 bits per heavy atom. The molecular formula is C14H18N2O. The molecule has 3 heteroatoms. The molecule has 2 atom stereocenters. The summed E-state index contributed by atoms with van der Waals surface area (Å²) in [5.74, 6) is 1.33. The quantitative estimate of drug-likeness (QED) is 0.833. The van der Waals surface area contributed by atoms with Crippen molar-refractivity contribution in [2.24, 2.45) is 11.1 Å². The topological polar surface area (TPSA) is 51.0 Å². The Hall–Kier alpha value is -1.48. The van der Waals surface area contributed by atoms with Crippen molar-refractivity contribution in [3.05, 3.63) is 30.0 Å². The van der Waals surface area contributed by atoms with Crippen molar-refractivity contribution in [3.63, 3.8) is 0 Å². The Labute approximate surface area is 101 Å². The Kier molecular flexibility index (Phi) is 2.05. The minimum Gasteiger partial charge on any atom is -0.497 e. The van der Waals surface area contributed by atoms with Gasteiger partial charge in [-0.25, -0.2) is 0 Å². The lowest BCUT2D eigenvalue weighted by Gasteiger charge is -1.99. The SMILES string of the molecule is COc1ccc2cc([C@H]3[C@H](N)C3(C)C)[nH]c2c1. The Morgan fingerprint density at radius 1 is 1.29 bits per heavy atom. The number of aromatic nitrogens is 1. The van der Waals surface area contributed by atoms with Crippen LogP contribution in [0.3, 0.4) is 0 Å². The molecule has 0 amide bonds. The van der Waals surface area contributed by atoms with E-state index in [4.69, 9.17) is 10.5 Å². The second-order valence-corrected chi connectivity index (χ2v) is 5.50. The van der Waals surface area contributed by atoms with Gasteiger partial charge in [0.25, 0.3) is 0 Å². The van der Waals surface area contributed by atoms with E-state index in [1.54, 1.807) is 7.11 Å². The molecule has 1 aromatic carbocycles. The van der Waals surface area contributed by atoms with Crippen molar-refractivity contribution in [2.45, 2.75) is 25.8 Å². The third-order valence-corrected chi connectivity index (χ3v) is 4.10. The normalized spacial score (nSPS) is 26.1. The van der Waals surface area contributed by atoms with Crippen LogP contribution in [0.5, 0.6) is 5.75 Å². The van der Waals surface area contributed by atoms with Crippen LogP contribution in [0.4, 0.5) is 0 Å². The van der Waals surface area contributed by atoms with Gasteiger partial charge in [0.2, 0.25) is 0 Å². The van der Waals surface area contributed by atoms with Gasteiger partial charge in [-0.2, -0.15) is 0 Å². The van der Waals surface area contributed by atoms with Crippen molar-refractivity contribution in [2.75, 3.05) is 7.11 Å². The summed E-state index contributed by atoms with van der Waals surface area (Å²) in [6, 6.07) is 8.55. The lowest BCUT2D eigenvalue weighted by molar-refractivity contribution is 0.415. The maximum absolute atomic E-state index is 6.11. The van der Waals surface area contributed by atoms with Crippen molar-refractivity contribution in [1.29, 1.82) is 0 Å². The van der Waals surface area contributed by atoms with E-state index in [1.807, 2.05) is 12.1 Å². The van der Waals surface area contributed by atoms with E-state index in [9.17, 15) is 0 Å². The molecule has 1 aliphatic rings. The second kappa shape index (κ2) is 3.26. The summed E-state index contributed by atoms with van der Waals surface area (Å²) < 4.78 is 5.23. The van der Waals surface area contributed by atoms with Crippen LogP contribution in [0.1, 0.15) is 25.5 Å². The number of methoxy groups -OCH3 is 1. The molecule has 1 aromatic heterocycles. The first-order chi connectivity index (χ1) is 8.04. The maximum Gasteiger partial charge on any atom is 0.120 e. The number of benzene rings is 1. The van der Waals surface area contributed by atoms with Crippen LogP contribution in [0.2, 0.25) is 0 Å². The van der Waals surface area contributed by atoms with Crippen molar-refractivity contribution >= 4 is 10.9 Å². The number of nitrogens with two attached hydrogens (primary N) is 1. The molecule has 1 aliphatic carbocycles. The van der Waals surface area contributed by atoms with Gasteiger partial charge in [0.15, 0.2) is 0 Å². The molecule has 90 valence electrons. The minimum absolute atomic E-state index is 0.213. The van der Waals surface area contributed by atoms with Gasteiger partial charge in [-0.3, -0.25) is 0 Å². The number of aromatic amines is 1. The maximum atomic E-state index is 6.11. The fourth-order valence-corrected chi connectivity index (χ4v) is 2.69. The number of fused-ring (bicyclic) bond motifs is 1. The molecule has 1 saturated carbocycles. The molecule has 0 spiro atoms. The Balaban J connectivity index is 2.03. The predicted octanol–water partition coefficient (Wildman–Crippen LogP) is 2.63. The first-order valence-corrected chi connectivity index (χ1v) is 5.96. The van der Waals surface area contributed by atoms with Crippen LogP contribution in [0.15, 0.2) is 24.3 Å². The largest absolute Gasteiger partial charge is 0.497 e. The third kappa shape index (κ3) is 1.46. The molecule has 2 aromatic rings. The molecule has 3 N–H and O–H groups in total. The van der Waals surface area contributed by atoms with Gasteiger partial charge < -0.3 is 15.5 Å².